The third-order valence-corrected chi connectivity index (χ3v) is 2.52. The summed E-state index contributed by atoms with van der Waals surface area (Å²) in [5.41, 5.74) is 7.48. The van der Waals surface area contributed by atoms with Crippen LogP contribution in [-0.2, 0) is 6.42 Å². The molecule has 4 heteroatoms. The lowest BCUT2D eigenvalue weighted by Crippen LogP contribution is -1.96. The number of aliphatic hydroxyl groups is 1. The SMILES string of the molecule is N#Cc1cc(N)c(Cl)cc1CCCCO. The van der Waals surface area contributed by atoms with Crippen molar-refractivity contribution in [2.24, 2.45) is 0 Å². The Kier molecular flexibility index (Phi) is 4.41. The minimum Gasteiger partial charge on any atom is -0.397 e. The van der Waals surface area contributed by atoms with Gasteiger partial charge in [0, 0.05) is 6.61 Å². The van der Waals surface area contributed by atoms with Crippen LogP contribution in [0.3, 0.4) is 0 Å². The van der Waals surface area contributed by atoms with Crippen LogP contribution in [-0.4, -0.2) is 11.7 Å². The number of nitrogens with zero attached hydrogens (tertiary/aromatic N) is 1. The summed E-state index contributed by atoms with van der Waals surface area (Å²) in [6.45, 7) is 0.171. The van der Waals surface area contributed by atoms with Crippen LogP contribution in [0.2, 0.25) is 5.02 Å². The maximum Gasteiger partial charge on any atom is 0.0995 e. The third-order valence-electron chi connectivity index (χ3n) is 2.20. The number of aryl methyl sites for hydroxylation is 1. The Hall–Kier alpha value is -1.24. The van der Waals surface area contributed by atoms with E-state index >= 15 is 0 Å². The molecule has 15 heavy (non-hydrogen) atoms. The molecule has 0 saturated heterocycles. The number of nitrogens with two attached hydrogens (primary N) is 1. The van der Waals surface area contributed by atoms with Crippen molar-refractivity contribution in [3.05, 3.63) is 28.3 Å². The second-order valence-electron chi connectivity index (χ2n) is 3.32. The van der Waals surface area contributed by atoms with Crippen LogP contribution in [0.1, 0.15) is 24.0 Å². The zero-order valence-electron chi connectivity index (χ0n) is 8.33. The van der Waals surface area contributed by atoms with Crippen LogP contribution >= 0.6 is 11.6 Å². The van der Waals surface area contributed by atoms with Crippen molar-refractivity contribution in [2.45, 2.75) is 19.3 Å². The number of anilines is 1. The Morgan fingerprint density at radius 3 is 2.73 bits per heavy atom. The van der Waals surface area contributed by atoms with Crippen LogP contribution in [0, 0.1) is 11.3 Å². The van der Waals surface area contributed by atoms with E-state index in [0.29, 0.717) is 16.3 Å². The van der Waals surface area contributed by atoms with E-state index in [9.17, 15) is 0 Å². The number of hydrogen-bond acceptors (Lipinski definition) is 3. The number of hydrogen-bond donors (Lipinski definition) is 2. The van der Waals surface area contributed by atoms with Crippen LogP contribution in [0.25, 0.3) is 0 Å². The van der Waals surface area contributed by atoms with Crippen molar-refractivity contribution in [1.29, 1.82) is 5.26 Å². The Morgan fingerprint density at radius 1 is 1.40 bits per heavy atom. The van der Waals surface area contributed by atoms with Crippen molar-refractivity contribution < 1.29 is 5.11 Å². The number of nitrogen functional groups attached to an aromatic ring is 1. The largest absolute Gasteiger partial charge is 0.397 e. The summed E-state index contributed by atoms with van der Waals surface area (Å²) in [5.74, 6) is 0. The molecule has 0 aliphatic rings. The van der Waals surface area contributed by atoms with E-state index in [1.54, 1.807) is 12.1 Å². The van der Waals surface area contributed by atoms with Gasteiger partial charge in [0.1, 0.15) is 0 Å². The highest BCUT2D eigenvalue weighted by Gasteiger charge is 2.06. The summed E-state index contributed by atoms with van der Waals surface area (Å²) in [4.78, 5) is 0. The van der Waals surface area contributed by atoms with Crippen molar-refractivity contribution in [3.8, 4) is 6.07 Å². The molecule has 1 aromatic rings. The molecule has 0 heterocycles. The maximum absolute atomic E-state index is 8.89. The fraction of sp³-hybridized carbons (Fsp3) is 0.364. The number of benzene rings is 1. The average Bonchev–Trinajstić information content (AvgIpc) is 2.23. The van der Waals surface area contributed by atoms with Crippen molar-refractivity contribution in [2.75, 3.05) is 12.3 Å². The summed E-state index contributed by atoms with van der Waals surface area (Å²) in [6, 6.07) is 5.41. The molecule has 1 rings (SSSR count). The predicted octanol–water partition coefficient (Wildman–Crippen LogP) is 2.11. The van der Waals surface area contributed by atoms with Gasteiger partial charge in [-0.25, -0.2) is 0 Å². The molecule has 0 aromatic heterocycles. The molecule has 0 atom stereocenters. The van der Waals surface area contributed by atoms with E-state index in [-0.39, 0.29) is 6.61 Å². The number of aliphatic hydroxyl groups excluding tert-OH is 1. The van der Waals surface area contributed by atoms with Gasteiger partial charge < -0.3 is 10.8 Å². The molecule has 0 saturated carbocycles. The van der Waals surface area contributed by atoms with E-state index in [2.05, 4.69) is 6.07 Å². The van der Waals surface area contributed by atoms with Crippen LogP contribution in [0.15, 0.2) is 12.1 Å². The van der Waals surface area contributed by atoms with Gasteiger partial charge in [0.25, 0.3) is 0 Å². The summed E-state index contributed by atoms with van der Waals surface area (Å²) < 4.78 is 0. The Labute approximate surface area is 94.1 Å². The zero-order valence-corrected chi connectivity index (χ0v) is 9.09. The van der Waals surface area contributed by atoms with Gasteiger partial charge in [0.15, 0.2) is 0 Å². The molecule has 0 unspecified atom stereocenters. The van der Waals surface area contributed by atoms with Gasteiger partial charge in [-0.15, -0.1) is 0 Å². The molecule has 0 aliphatic heterocycles. The number of nitriles is 1. The highest BCUT2D eigenvalue weighted by molar-refractivity contribution is 6.33. The minimum absolute atomic E-state index is 0.171. The quantitative estimate of drug-likeness (QED) is 0.608. The third kappa shape index (κ3) is 3.12. The molecule has 0 bridgehead atoms. The zero-order chi connectivity index (χ0) is 11.3. The smallest absolute Gasteiger partial charge is 0.0995 e. The normalized spacial score (nSPS) is 9.93. The summed E-state index contributed by atoms with van der Waals surface area (Å²) in [7, 11) is 0. The van der Waals surface area contributed by atoms with Crippen molar-refractivity contribution in [1.82, 2.24) is 0 Å². The number of halogens is 1. The number of rotatable bonds is 4. The first kappa shape index (κ1) is 11.8. The standard InChI is InChI=1S/C11H13ClN2O/c12-10-5-8(3-1-2-4-15)9(7-13)6-11(10)14/h5-6,15H,1-4,14H2. The fourth-order valence-electron chi connectivity index (χ4n) is 1.37. The van der Waals surface area contributed by atoms with Gasteiger partial charge in [-0.3, -0.25) is 0 Å². The highest BCUT2D eigenvalue weighted by Crippen LogP contribution is 2.24. The van der Waals surface area contributed by atoms with E-state index < -0.39 is 0 Å². The van der Waals surface area contributed by atoms with Gasteiger partial charge in [-0.2, -0.15) is 5.26 Å². The molecule has 3 nitrogen and oxygen atoms in total. The minimum atomic E-state index is 0.171. The van der Waals surface area contributed by atoms with Gasteiger partial charge in [-0.05, 0) is 37.0 Å². The van der Waals surface area contributed by atoms with Gasteiger partial charge in [-0.1, -0.05) is 11.6 Å². The summed E-state index contributed by atoms with van der Waals surface area (Å²) in [6.07, 6.45) is 2.31. The first-order valence-electron chi connectivity index (χ1n) is 4.78. The molecule has 0 radical (unpaired) electrons. The molecular weight excluding hydrogens is 212 g/mol. The average molecular weight is 225 g/mol. The highest BCUT2D eigenvalue weighted by atomic mass is 35.5. The molecule has 1 aromatic carbocycles. The van der Waals surface area contributed by atoms with Crippen LogP contribution in [0.4, 0.5) is 5.69 Å². The molecule has 0 aliphatic carbocycles. The second-order valence-corrected chi connectivity index (χ2v) is 3.73. The van der Waals surface area contributed by atoms with E-state index in [1.807, 2.05) is 0 Å². The van der Waals surface area contributed by atoms with Crippen LogP contribution < -0.4 is 5.73 Å². The van der Waals surface area contributed by atoms with Gasteiger partial charge in [0.05, 0.1) is 22.3 Å². The molecule has 0 amide bonds. The van der Waals surface area contributed by atoms with Crippen molar-refractivity contribution >= 4 is 17.3 Å². The Morgan fingerprint density at radius 2 is 2.13 bits per heavy atom. The van der Waals surface area contributed by atoms with Gasteiger partial charge in [0.2, 0.25) is 0 Å². The lowest BCUT2D eigenvalue weighted by atomic mass is 10.0. The Balaban J connectivity index is 2.86. The second kappa shape index (κ2) is 5.59. The topological polar surface area (TPSA) is 70.0 Å². The number of unbranched alkanes of at least 4 members (excludes halogenated alkanes) is 1. The lowest BCUT2D eigenvalue weighted by molar-refractivity contribution is 0.284. The fourth-order valence-corrected chi connectivity index (χ4v) is 1.56. The van der Waals surface area contributed by atoms with Crippen LogP contribution in [0.5, 0.6) is 0 Å². The van der Waals surface area contributed by atoms with E-state index in [4.69, 9.17) is 27.7 Å². The molecular formula is C11H13ClN2O. The van der Waals surface area contributed by atoms with Crippen molar-refractivity contribution in [3.63, 3.8) is 0 Å². The Bertz CT molecular complexity index is 385. The molecule has 80 valence electrons. The first-order chi connectivity index (χ1) is 7.19. The maximum atomic E-state index is 8.89. The first-order valence-corrected chi connectivity index (χ1v) is 5.15. The van der Waals surface area contributed by atoms with E-state index in [1.165, 1.54) is 0 Å². The molecule has 0 fully saturated rings. The lowest BCUT2D eigenvalue weighted by Gasteiger charge is -2.06. The summed E-state index contributed by atoms with van der Waals surface area (Å²) >= 11 is 5.87. The molecule has 3 N–H and O–H groups in total. The van der Waals surface area contributed by atoms with Gasteiger partial charge >= 0.3 is 0 Å². The van der Waals surface area contributed by atoms with E-state index in [0.717, 1.165) is 24.8 Å². The molecule has 0 spiro atoms. The monoisotopic (exact) mass is 224 g/mol. The predicted molar refractivity (Wildman–Crippen MR) is 60.6 cm³/mol. The summed E-state index contributed by atoms with van der Waals surface area (Å²) in [5, 5.41) is 18.0.